The molecular formula is C31H23NO. The third-order valence-electron chi connectivity index (χ3n) is 6.60. The molecule has 0 saturated carbocycles. The minimum absolute atomic E-state index is 0.254. The van der Waals surface area contributed by atoms with Crippen LogP contribution in [0.4, 0.5) is 17.1 Å². The van der Waals surface area contributed by atoms with Crippen molar-refractivity contribution in [3.63, 3.8) is 0 Å². The van der Waals surface area contributed by atoms with Gasteiger partial charge in [0, 0.05) is 11.8 Å². The van der Waals surface area contributed by atoms with Crippen LogP contribution in [0.15, 0.2) is 133 Å². The van der Waals surface area contributed by atoms with Gasteiger partial charge in [0.1, 0.15) is 5.75 Å². The normalized spacial score (nSPS) is 13.8. The Hall–Kier alpha value is -4.30. The van der Waals surface area contributed by atoms with E-state index in [0.717, 1.165) is 22.6 Å². The van der Waals surface area contributed by atoms with Gasteiger partial charge in [-0.2, -0.15) is 0 Å². The summed E-state index contributed by atoms with van der Waals surface area (Å²) < 4.78 is 0. The molecule has 5 aromatic carbocycles. The largest absolute Gasteiger partial charge is 0.508 e. The van der Waals surface area contributed by atoms with Crippen molar-refractivity contribution in [3.05, 3.63) is 156 Å². The summed E-state index contributed by atoms with van der Waals surface area (Å²) in [5, 5.41) is 10.6. The van der Waals surface area contributed by atoms with E-state index >= 15 is 0 Å². The van der Waals surface area contributed by atoms with Gasteiger partial charge in [0.2, 0.25) is 0 Å². The summed E-state index contributed by atoms with van der Waals surface area (Å²) in [5.41, 5.74) is 7.37. The molecule has 158 valence electrons. The summed E-state index contributed by atoms with van der Waals surface area (Å²) in [6.45, 7) is 0. The molecule has 5 aromatic rings. The lowest BCUT2D eigenvalue weighted by Gasteiger charge is -2.46. The van der Waals surface area contributed by atoms with E-state index in [1.165, 1.54) is 16.7 Å². The van der Waals surface area contributed by atoms with Crippen molar-refractivity contribution >= 4 is 17.1 Å². The van der Waals surface area contributed by atoms with Crippen LogP contribution in [0.5, 0.6) is 5.75 Å². The van der Waals surface area contributed by atoms with Crippen LogP contribution >= 0.6 is 0 Å². The van der Waals surface area contributed by atoms with Gasteiger partial charge in [0.05, 0.1) is 16.8 Å². The Bertz CT molecular complexity index is 1370. The number of aromatic hydroxyl groups is 1. The topological polar surface area (TPSA) is 23.5 Å². The van der Waals surface area contributed by atoms with Crippen molar-refractivity contribution in [1.29, 1.82) is 0 Å². The van der Waals surface area contributed by atoms with Crippen molar-refractivity contribution in [2.45, 2.75) is 5.41 Å². The molecule has 1 aliphatic heterocycles. The van der Waals surface area contributed by atoms with Crippen LogP contribution in [0.1, 0.15) is 22.3 Å². The van der Waals surface area contributed by atoms with Crippen molar-refractivity contribution < 1.29 is 5.11 Å². The first-order valence-corrected chi connectivity index (χ1v) is 11.2. The van der Waals surface area contributed by atoms with E-state index in [0.29, 0.717) is 0 Å². The Kier molecular flexibility index (Phi) is 4.51. The summed E-state index contributed by atoms with van der Waals surface area (Å²) in [6, 6.07) is 46.1. The second kappa shape index (κ2) is 7.68. The second-order valence-corrected chi connectivity index (χ2v) is 8.37. The standard InChI is InChI=1S/C31H23NO/c33-26-20-21-28-30(22-26)32(25-16-8-3-9-17-25)29-19-11-10-18-27(29)31(28,23-12-4-1-5-13-23)24-14-6-2-7-15-24/h1-22,33H. The van der Waals surface area contributed by atoms with E-state index < -0.39 is 5.41 Å². The number of rotatable bonds is 3. The fraction of sp³-hybridized carbons (Fsp3) is 0.0323. The lowest BCUT2D eigenvalue weighted by Crippen LogP contribution is -2.37. The van der Waals surface area contributed by atoms with Gasteiger partial charge in [-0.15, -0.1) is 0 Å². The predicted molar refractivity (Wildman–Crippen MR) is 135 cm³/mol. The Morgan fingerprint density at radius 1 is 0.485 bits per heavy atom. The first-order chi connectivity index (χ1) is 16.3. The number of anilines is 3. The molecule has 0 fully saturated rings. The molecule has 0 unspecified atom stereocenters. The molecule has 1 heterocycles. The van der Waals surface area contributed by atoms with E-state index in [1.807, 2.05) is 12.1 Å². The first kappa shape index (κ1) is 19.4. The zero-order chi connectivity index (χ0) is 22.3. The molecule has 0 aromatic heterocycles. The maximum absolute atomic E-state index is 10.6. The average molecular weight is 426 g/mol. The number of hydrogen-bond acceptors (Lipinski definition) is 2. The average Bonchev–Trinajstić information content (AvgIpc) is 2.89. The van der Waals surface area contributed by atoms with Crippen LogP contribution in [0.25, 0.3) is 0 Å². The van der Waals surface area contributed by atoms with Gasteiger partial charge in [-0.1, -0.05) is 103 Å². The Labute approximate surface area is 194 Å². The molecule has 0 aliphatic carbocycles. The van der Waals surface area contributed by atoms with Crippen molar-refractivity contribution in [1.82, 2.24) is 0 Å². The third kappa shape index (κ3) is 2.88. The van der Waals surface area contributed by atoms with Crippen molar-refractivity contribution in [2.75, 3.05) is 4.90 Å². The van der Waals surface area contributed by atoms with E-state index in [4.69, 9.17) is 0 Å². The molecular weight excluding hydrogens is 402 g/mol. The molecule has 0 radical (unpaired) electrons. The summed E-state index contributed by atoms with van der Waals surface area (Å²) in [6.07, 6.45) is 0. The molecule has 1 N–H and O–H groups in total. The van der Waals surface area contributed by atoms with Gasteiger partial charge in [-0.25, -0.2) is 0 Å². The van der Waals surface area contributed by atoms with E-state index in [2.05, 4.69) is 120 Å². The number of fused-ring (bicyclic) bond motifs is 2. The smallest absolute Gasteiger partial charge is 0.117 e. The molecule has 33 heavy (non-hydrogen) atoms. The lowest BCUT2D eigenvalue weighted by atomic mass is 9.62. The van der Waals surface area contributed by atoms with Crippen molar-refractivity contribution in [3.8, 4) is 5.75 Å². The molecule has 6 rings (SSSR count). The van der Waals surface area contributed by atoms with Crippen molar-refractivity contribution in [2.24, 2.45) is 0 Å². The Morgan fingerprint density at radius 3 is 1.64 bits per heavy atom. The van der Waals surface area contributed by atoms with Gasteiger partial charge in [0.25, 0.3) is 0 Å². The third-order valence-corrected chi connectivity index (χ3v) is 6.60. The molecule has 2 nitrogen and oxygen atoms in total. The van der Waals surface area contributed by atoms with Crippen LogP contribution in [0.2, 0.25) is 0 Å². The van der Waals surface area contributed by atoms with Gasteiger partial charge < -0.3 is 10.0 Å². The maximum Gasteiger partial charge on any atom is 0.117 e. The summed E-state index contributed by atoms with van der Waals surface area (Å²) in [7, 11) is 0. The van der Waals surface area contributed by atoms with E-state index in [1.54, 1.807) is 6.07 Å². The van der Waals surface area contributed by atoms with Gasteiger partial charge in [-0.05, 0) is 46.5 Å². The van der Waals surface area contributed by atoms with Crippen LogP contribution in [-0.4, -0.2) is 5.11 Å². The summed E-state index contributed by atoms with van der Waals surface area (Å²) in [4.78, 5) is 2.26. The highest BCUT2D eigenvalue weighted by atomic mass is 16.3. The molecule has 0 amide bonds. The monoisotopic (exact) mass is 425 g/mol. The van der Waals surface area contributed by atoms with Gasteiger partial charge in [0.15, 0.2) is 0 Å². The molecule has 2 heteroatoms. The van der Waals surface area contributed by atoms with E-state index in [-0.39, 0.29) is 5.75 Å². The number of nitrogens with zero attached hydrogens (tertiary/aromatic N) is 1. The molecule has 0 saturated heterocycles. The number of hydrogen-bond donors (Lipinski definition) is 1. The lowest BCUT2D eigenvalue weighted by molar-refractivity contribution is 0.475. The molecule has 0 spiro atoms. The van der Waals surface area contributed by atoms with E-state index in [9.17, 15) is 5.11 Å². The highest BCUT2D eigenvalue weighted by Gasteiger charge is 2.46. The second-order valence-electron chi connectivity index (χ2n) is 8.37. The zero-order valence-corrected chi connectivity index (χ0v) is 18.1. The number of benzene rings is 5. The summed E-state index contributed by atoms with van der Waals surface area (Å²) >= 11 is 0. The molecule has 0 atom stereocenters. The molecule has 0 bridgehead atoms. The predicted octanol–water partition coefficient (Wildman–Crippen LogP) is 7.56. The SMILES string of the molecule is Oc1ccc2c(c1)N(c1ccccc1)c1ccccc1C2(c1ccccc1)c1ccccc1. The van der Waals surface area contributed by atoms with Gasteiger partial charge in [-0.3, -0.25) is 0 Å². The van der Waals surface area contributed by atoms with Crippen LogP contribution < -0.4 is 4.90 Å². The van der Waals surface area contributed by atoms with Gasteiger partial charge >= 0.3 is 0 Å². The fourth-order valence-corrected chi connectivity index (χ4v) is 5.30. The minimum Gasteiger partial charge on any atom is -0.508 e. The Morgan fingerprint density at radius 2 is 1.00 bits per heavy atom. The highest BCUT2D eigenvalue weighted by molar-refractivity contribution is 5.89. The minimum atomic E-state index is -0.520. The quantitative estimate of drug-likeness (QED) is 0.316. The number of phenols is 1. The number of para-hydroxylation sites is 2. The first-order valence-electron chi connectivity index (χ1n) is 11.2. The van der Waals surface area contributed by atoms with Crippen LogP contribution in [-0.2, 0) is 5.41 Å². The molecule has 1 aliphatic rings. The Balaban J connectivity index is 1.79. The van der Waals surface area contributed by atoms with Crippen LogP contribution in [0, 0.1) is 0 Å². The number of phenolic OH excluding ortho intramolecular Hbond substituents is 1. The van der Waals surface area contributed by atoms with Crippen LogP contribution in [0.3, 0.4) is 0 Å². The summed E-state index contributed by atoms with van der Waals surface area (Å²) in [5.74, 6) is 0.254. The zero-order valence-electron chi connectivity index (χ0n) is 18.1. The highest BCUT2D eigenvalue weighted by Crippen LogP contribution is 2.57. The fourth-order valence-electron chi connectivity index (χ4n) is 5.30. The maximum atomic E-state index is 10.6.